The second-order valence-electron chi connectivity index (χ2n) is 5.33. The first kappa shape index (κ1) is 20.8. The maximum atomic E-state index is 12.3. The number of halogens is 1. The monoisotopic (exact) mass is 373 g/mol. The minimum absolute atomic E-state index is 0. The molecule has 8 heteroatoms. The molecule has 0 saturated carbocycles. The molecule has 134 valence electrons. The van der Waals surface area contributed by atoms with Crippen LogP contribution in [0.2, 0.25) is 0 Å². The van der Waals surface area contributed by atoms with E-state index in [-0.39, 0.29) is 25.5 Å². The predicted octanol–water partition coefficient (Wildman–Crippen LogP) is 1.67. The van der Waals surface area contributed by atoms with E-state index in [1.807, 2.05) is 42.5 Å². The van der Waals surface area contributed by atoms with E-state index in [0.29, 0.717) is 6.61 Å². The first-order valence-electron chi connectivity index (χ1n) is 7.39. The summed E-state index contributed by atoms with van der Waals surface area (Å²) in [5.41, 5.74) is 6.63. The molecule has 0 aliphatic heterocycles. The Bertz CT molecular complexity index is 755. The minimum Gasteiger partial charge on any atom is -0.383 e. The summed E-state index contributed by atoms with van der Waals surface area (Å²) >= 11 is 0. The van der Waals surface area contributed by atoms with Gasteiger partial charge in [0.25, 0.3) is 10.2 Å². The average Bonchev–Trinajstić information content (AvgIpc) is 2.57. The van der Waals surface area contributed by atoms with Gasteiger partial charge in [-0.15, -0.1) is 12.4 Å². The van der Waals surface area contributed by atoms with Crippen LogP contribution in [0.25, 0.3) is 10.8 Å². The highest BCUT2D eigenvalue weighted by atomic mass is 35.5. The van der Waals surface area contributed by atoms with Gasteiger partial charge in [0.05, 0.1) is 12.6 Å². The van der Waals surface area contributed by atoms with E-state index < -0.39 is 16.3 Å². The Hall–Kier alpha value is -1.22. The summed E-state index contributed by atoms with van der Waals surface area (Å²) in [6, 6.07) is 13.3. The fourth-order valence-electron chi connectivity index (χ4n) is 2.29. The molecule has 0 radical (unpaired) electrons. The molecule has 0 fully saturated rings. The summed E-state index contributed by atoms with van der Waals surface area (Å²) in [5.74, 6) is 0. The van der Waals surface area contributed by atoms with Crippen molar-refractivity contribution in [2.45, 2.75) is 6.04 Å². The lowest BCUT2D eigenvalue weighted by molar-refractivity contribution is 0.184. The van der Waals surface area contributed by atoms with Crippen LogP contribution in [0.15, 0.2) is 42.5 Å². The third-order valence-electron chi connectivity index (χ3n) is 3.72. The molecule has 0 aromatic heterocycles. The van der Waals surface area contributed by atoms with Gasteiger partial charge in [-0.2, -0.15) is 17.4 Å². The van der Waals surface area contributed by atoms with Crippen molar-refractivity contribution in [2.75, 3.05) is 33.9 Å². The van der Waals surface area contributed by atoms with Crippen molar-refractivity contribution < 1.29 is 13.2 Å². The van der Waals surface area contributed by atoms with E-state index in [9.17, 15) is 8.42 Å². The minimum atomic E-state index is -3.62. The van der Waals surface area contributed by atoms with E-state index in [0.717, 1.165) is 16.3 Å². The number of likely N-dealkylation sites (N-methyl/N-ethyl adjacent to an activating group) is 1. The number of nitrogens with zero attached hydrogens (tertiary/aromatic N) is 1. The van der Waals surface area contributed by atoms with Gasteiger partial charge in [0.15, 0.2) is 0 Å². The van der Waals surface area contributed by atoms with Crippen molar-refractivity contribution in [2.24, 2.45) is 5.73 Å². The Morgan fingerprint density at radius 1 is 1.21 bits per heavy atom. The topological polar surface area (TPSA) is 84.7 Å². The van der Waals surface area contributed by atoms with Crippen LogP contribution in [-0.2, 0) is 14.9 Å². The van der Waals surface area contributed by atoms with E-state index in [2.05, 4.69) is 4.72 Å². The second-order valence-corrected chi connectivity index (χ2v) is 7.14. The molecule has 6 nitrogen and oxygen atoms in total. The van der Waals surface area contributed by atoms with Gasteiger partial charge in [0.2, 0.25) is 0 Å². The van der Waals surface area contributed by atoms with E-state index >= 15 is 0 Å². The average molecular weight is 374 g/mol. The number of hydrogen-bond donors (Lipinski definition) is 2. The van der Waals surface area contributed by atoms with Gasteiger partial charge in [-0.3, -0.25) is 0 Å². The molecular weight excluding hydrogens is 350 g/mol. The summed E-state index contributed by atoms with van der Waals surface area (Å²) in [4.78, 5) is 0. The maximum absolute atomic E-state index is 12.3. The van der Waals surface area contributed by atoms with Crippen molar-refractivity contribution in [3.8, 4) is 0 Å². The molecule has 3 N–H and O–H groups in total. The van der Waals surface area contributed by atoms with Crippen molar-refractivity contribution in [1.82, 2.24) is 9.03 Å². The number of rotatable bonds is 8. The van der Waals surface area contributed by atoms with Gasteiger partial charge in [-0.25, -0.2) is 0 Å². The first-order valence-corrected chi connectivity index (χ1v) is 8.83. The summed E-state index contributed by atoms with van der Waals surface area (Å²) < 4.78 is 33.5. The zero-order valence-corrected chi connectivity index (χ0v) is 15.4. The van der Waals surface area contributed by atoms with Crippen LogP contribution in [0.3, 0.4) is 0 Å². The molecule has 0 heterocycles. The molecule has 0 saturated heterocycles. The number of nitrogens with one attached hydrogen (secondary N) is 1. The zero-order valence-electron chi connectivity index (χ0n) is 13.8. The second kappa shape index (κ2) is 9.31. The summed E-state index contributed by atoms with van der Waals surface area (Å²) in [7, 11) is -0.579. The Morgan fingerprint density at radius 3 is 2.50 bits per heavy atom. The molecule has 2 aromatic rings. The quantitative estimate of drug-likeness (QED) is 0.737. The fourth-order valence-corrected chi connectivity index (χ4v) is 3.37. The molecule has 0 bridgehead atoms. The van der Waals surface area contributed by atoms with Crippen LogP contribution in [0.1, 0.15) is 11.6 Å². The van der Waals surface area contributed by atoms with Crippen molar-refractivity contribution in [1.29, 1.82) is 0 Å². The first-order chi connectivity index (χ1) is 11.0. The lowest BCUT2D eigenvalue weighted by Gasteiger charge is -2.23. The summed E-state index contributed by atoms with van der Waals surface area (Å²) in [5, 5.41) is 2.16. The van der Waals surface area contributed by atoms with E-state index in [1.165, 1.54) is 18.5 Å². The number of fused-ring (bicyclic) bond motifs is 1. The predicted molar refractivity (Wildman–Crippen MR) is 99.6 cm³/mol. The lowest BCUT2D eigenvalue weighted by Crippen LogP contribution is -2.43. The maximum Gasteiger partial charge on any atom is 0.279 e. The number of ether oxygens (including phenoxy) is 1. The van der Waals surface area contributed by atoms with Gasteiger partial charge in [-0.1, -0.05) is 36.4 Å². The van der Waals surface area contributed by atoms with Crippen LogP contribution in [0.5, 0.6) is 0 Å². The smallest absolute Gasteiger partial charge is 0.279 e. The Labute approximate surface area is 149 Å². The van der Waals surface area contributed by atoms with Crippen molar-refractivity contribution >= 4 is 33.4 Å². The molecular formula is C16H24ClN3O3S. The van der Waals surface area contributed by atoms with Crippen LogP contribution in [0.4, 0.5) is 0 Å². The Morgan fingerprint density at radius 2 is 1.88 bits per heavy atom. The Kier molecular flexibility index (Phi) is 8.08. The normalized spacial score (nSPS) is 13.0. The van der Waals surface area contributed by atoms with Crippen molar-refractivity contribution in [3.63, 3.8) is 0 Å². The molecule has 1 unspecified atom stereocenters. The van der Waals surface area contributed by atoms with Crippen LogP contribution < -0.4 is 10.5 Å². The largest absolute Gasteiger partial charge is 0.383 e. The lowest BCUT2D eigenvalue weighted by atomic mass is 10.0. The van der Waals surface area contributed by atoms with E-state index in [1.54, 1.807) is 0 Å². The van der Waals surface area contributed by atoms with Gasteiger partial charge in [0.1, 0.15) is 0 Å². The summed E-state index contributed by atoms with van der Waals surface area (Å²) in [6.45, 7) is 0.789. The molecule has 0 aliphatic rings. The third kappa shape index (κ3) is 5.14. The van der Waals surface area contributed by atoms with Gasteiger partial charge < -0.3 is 10.5 Å². The van der Waals surface area contributed by atoms with E-state index in [4.69, 9.17) is 10.5 Å². The standard InChI is InChI=1S/C16H23N3O3S.ClH/c1-19(9-10-22-2)23(20,21)18-16(12-17)15-8-7-13-5-3-4-6-14(13)11-15;/h3-8,11,16,18H,9-10,12,17H2,1-2H3;1H. The molecule has 0 spiro atoms. The third-order valence-corrected chi connectivity index (χ3v) is 5.31. The highest BCUT2D eigenvalue weighted by Crippen LogP contribution is 2.20. The van der Waals surface area contributed by atoms with Crippen LogP contribution in [-0.4, -0.2) is 46.6 Å². The number of methoxy groups -OCH3 is 1. The zero-order chi connectivity index (χ0) is 16.9. The molecule has 2 rings (SSSR count). The number of benzene rings is 2. The van der Waals surface area contributed by atoms with Crippen LogP contribution in [0, 0.1) is 0 Å². The fraction of sp³-hybridized carbons (Fsp3) is 0.375. The van der Waals surface area contributed by atoms with Gasteiger partial charge in [-0.05, 0) is 22.4 Å². The SMILES string of the molecule is COCCN(C)S(=O)(=O)NC(CN)c1ccc2ccccc2c1.Cl. The highest BCUT2D eigenvalue weighted by molar-refractivity contribution is 7.87. The van der Waals surface area contributed by atoms with Crippen LogP contribution >= 0.6 is 12.4 Å². The summed E-state index contributed by atoms with van der Waals surface area (Å²) in [6.07, 6.45) is 0. The highest BCUT2D eigenvalue weighted by Gasteiger charge is 2.22. The molecule has 24 heavy (non-hydrogen) atoms. The molecule has 1 atom stereocenters. The number of hydrogen-bond acceptors (Lipinski definition) is 4. The van der Waals surface area contributed by atoms with Gasteiger partial charge in [0, 0.05) is 27.2 Å². The Balaban J connectivity index is 0.00000288. The van der Waals surface area contributed by atoms with Gasteiger partial charge >= 0.3 is 0 Å². The molecule has 0 aliphatic carbocycles. The number of nitrogens with two attached hydrogens (primary N) is 1. The molecule has 2 aromatic carbocycles. The molecule has 0 amide bonds. The van der Waals surface area contributed by atoms with Crippen molar-refractivity contribution in [3.05, 3.63) is 48.0 Å².